The lowest BCUT2D eigenvalue weighted by molar-refractivity contribution is 0.249. The Morgan fingerprint density at radius 2 is 1.69 bits per heavy atom. The number of hydrogen-bond donors (Lipinski definition) is 0. The van der Waals surface area contributed by atoms with Gasteiger partial charge in [-0.15, -0.1) is 0 Å². The average molecular weight is 466 g/mol. The quantitative estimate of drug-likeness (QED) is 0.417. The molecule has 0 bridgehead atoms. The minimum atomic E-state index is 0.694. The highest BCUT2D eigenvalue weighted by Gasteiger charge is 2.29. The Hall–Kier alpha value is -3.56. The van der Waals surface area contributed by atoms with Crippen LogP contribution < -0.4 is 9.64 Å². The minimum absolute atomic E-state index is 0.694. The first-order valence-electron chi connectivity index (χ1n) is 12.8. The molecule has 0 saturated carbocycles. The van der Waals surface area contributed by atoms with Gasteiger partial charge < -0.3 is 9.64 Å². The van der Waals surface area contributed by atoms with Crippen LogP contribution in [0.5, 0.6) is 5.75 Å². The van der Waals surface area contributed by atoms with Gasteiger partial charge >= 0.3 is 0 Å². The van der Waals surface area contributed by atoms with Crippen molar-refractivity contribution in [2.24, 2.45) is 0 Å². The first-order chi connectivity index (χ1) is 17.3. The van der Waals surface area contributed by atoms with Crippen molar-refractivity contribution in [1.82, 2.24) is 14.3 Å². The van der Waals surface area contributed by atoms with Gasteiger partial charge in [-0.1, -0.05) is 24.3 Å². The summed E-state index contributed by atoms with van der Waals surface area (Å²) in [7, 11) is 0. The predicted molar refractivity (Wildman–Crippen MR) is 139 cm³/mol. The maximum atomic E-state index is 10.1. The maximum absolute atomic E-state index is 10.1. The molecule has 6 nitrogen and oxygen atoms in total. The van der Waals surface area contributed by atoms with Crippen molar-refractivity contribution in [1.29, 1.82) is 5.26 Å². The molecule has 0 atom stereocenters. The third kappa shape index (κ3) is 3.90. The van der Waals surface area contributed by atoms with Gasteiger partial charge in [-0.05, 0) is 73.6 Å². The molecule has 1 aliphatic carbocycles. The molecule has 0 spiro atoms. The van der Waals surface area contributed by atoms with Crippen molar-refractivity contribution >= 4 is 22.5 Å². The van der Waals surface area contributed by atoms with E-state index in [1.54, 1.807) is 0 Å². The lowest BCUT2D eigenvalue weighted by Crippen LogP contribution is -2.47. The van der Waals surface area contributed by atoms with Crippen molar-refractivity contribution in [3.63, 3.8) is 0 Å². The van der Waals surface area contributed by atoms with Crippen LogP contribution in [-0.4, -0.2) is 47.1 Å². The van der Waals surface area contributed by atoms with E-state index in [1.807, 2.05) is 13.0 Å². The number of nitriles is 1. The molecule has 0 unspecified atom stereocenters. The second-order valence-electron chi connectivity index (χ2n) is 9.57. The average Bonchev–Trinajstić information content (AvgIpc) is 3.28. The first kappa shape index (κ1) is 21.9. The highest BCUT2D eigenvalue weighted by Crippen LogP contribution is 2.37. The molecular formula is C29H31N5O. The third-order valence-corrected chi connectivity index (χ3v) is 7.46. The van der Waals surface area contributed by atoms with E-state index in [1.165, 1.54) is 28.9 Å². The van der Waals surface area contributed by atoms with Gasteiger partial charge in [-0.2, -0.15) is 5.26 Å². The van der Waals surface area contributed by atoms with Crippen molar-refractivity contribution in [2.45, 2.75) is 39.2 Å². The van der Waals surface area contributed by atoms with Gasteiger partial charge in [0.2, 0.25) is 0 Å². The van der Waals surface area contributed by atoms with Crippen LogP contribution in [0.25, 0.3) is 16.7 Å². The van der Waals surface area contributed by atoms with Gasteiger partial charge in [-0.25, -0.2) is 4.98 Å². The number of fused-ring (bicyclic) bond motifs is 4. The summed E-state index contributed by atoms with van der Waals surface area (Å²) in [5, 5.41) is 10.1. The number of para-hydroxylation sites is 2. The Kier molecular flexibility index (Phi) is 5.79. The smallest absolute Gasteiger partial charge is 0.157 e. The molecule has 1 saturated heterocycles. The maximum Gasteiger partial charge on any atom is 0.157 e. The zero-order chi connectivity index (χ0) is 23.8. The van der Waals surface area contributed by atoms with Crippen LogP contribution in [0.2, 0.25) is 0 Å². The van der Waals surface area contributed by atoms with Crippen molar-refractivity contribution in [3.05, 3.63) is 70.8 Å². The number of imidazole rings is 1. The predicted octanol–water partition coefficient (Wildman–Crippen LogP) is 4.96. The number of aromatic nitrogens is 2. The Morgan fingerprint density at radius 1 is 0.943 bits per heavy atom. The standard InChI is InChI=1S/C29H31N5O/c1-2-35-22-13-11-21(12-14-22)20-32-15-17-33(18-16-32)29-24-8-4-3-7-23(24)25(19-30)28-31-26-9-5-6-10-27(26)34(28)29/h5-6,9-14H,2-4,7-8,15-18,20H2,1H3. The summed E-state index contributed by atoms with van der Waals surface area (Å²) in [5.74, 6) is 2.20. The van der Waals surface area contributed by atoms with Crippen LogP contribution in [0.4, 0.5) is 5.82 Å². The summed E-state index contributed by atoms with van der Waals surface area (Å²) < 4.78 is 7.86. The number of piperazine rings is 1. The molecular weight excluding hydrogens is 434 g/mol. The number of hydrogen-bond acceptors (Lipinski definition) is 5. The lowest BCUT2D eigenvalue weighted by atomic mass is 9.88. The normalized spacial score (nSPS) is 16.4. The summed E-state index contributed by atoms with van der Waals surface area (Å²) in [5.41, 5.74) is 7.56. The van der Waals surface area contributed by atoms with E-state index in [0.29, 0.717) is 6.61 Å². The van der Waals surface area contributed by atoms with E-state index < -0.39 is 0 Å². The fourth-order valence-corrected chi connectivity index (χ4v) is 5.79. The Bertz CT molecular complexity index is 1410. The fraction of sp³-hybridized carbons (Fsp3) is 0.379. The van der Waals surface area contributed by atoms with Crippen LogP contribution >= 0.6 is 0 Å². The first-order valence-corrected chi connectivity index (χ1v) is 12.8. The monoisotopic (exact) mass is 465 g/mol. The molecule has 4 aromatic rings. The molecule has 2 aromatic carbocycles. The van der Waals surface area contributed by atoms with Gasteiger partial charge in [0.1, 0.15) is 17.6 Å². The number of nitrogens with zero attached hydrogens (tertiary/aromatic N) is 5. The molecule has 2 aromatic heterocycles. The number of ether oxygens (including phenoxy) is 1. The number of rotatable bonds is 5. The van der Waals surface area contributed by atoms with Crippen molar-refractivity contribution < 1.29 is 4.74 Å². The zero-order valence-corrected chi connectivity index (χ0v) is 20.3. The summed E-state index contributed by atoms with van der Waals surface area (Å²) in [6.07, 6.45) is 4.34. The number of benzene rings is 2. The Morgan fingerprint density at radius 3 is 2.43 bits per heavy atom. The highest BCUT2D eigenvalue weighted by molar-refractivity contribution is 5.86. The van der Waals surface area contributed by atoms with E-state index in [0.717, 1.165) is 80.0 Å². The summed E-state index contributed by atoms with van der Waals surface area (Å²) >= 11 is 0. The number of anilines is 1. The lowest BCUT2D eigenvalue weighted by Gasteiger charge is -2.38. The van der Waals surface area contributed by atoms with E-state index in [-0.39, 0.29) is 0 Å². The molecule has 3 heterocycles. The van der Waals surface area contributed by atoms with Crippen LogP contribution in [0.1, 0.15) is 42.0 Å². The van der Waals surface area contributed by atoms with E-state index in [2.05, 4.69) is 62.7 Å². The molecule has 1 aliphatic heterocycles. The van der Waals surface area contributed by atoms with Crippen LogP contribution in [0.3, 0.4) is 0 Å². The third-order valence-electron chi connectivity index (χ3n) is 7.46. The second-order valence-corrected chi connectivity index (χ2v) is 9.57. The Labute approximate surface area is 206 Å². The minimum Gasteiger partial charge on any atom is -0.494 e. The summed E-state index contributed by atoms with van der Waals surface area (Å²) in [6, 6.07) is 19.3. The second kappa shape index (κ2) is 9.24. The molecule has 178 valence electrons. The molecule has 0 radical (unpaired) electrons. The van der Waals surface area contributed by atoms with Crippen LogP contribution in [-0.2, 0) is 19.4 Å². The fourth-order valence-electron chi connectivity index (χ4n) is 5.79. The van der Waals surface area contributed by atoms with E-state index in [4.69, 9.17) is 9.72 Å². The number of pyridine rings is 1. The van der Waals surface area contributed by atoms with E-state index >= 15 is 0 Å². The summed E-state index contributed by atoms with van der Waals surface area (Å²) in [6.45, 7) is 7.62. The summed E-state index contributed by atoms with van der Waals surface area (Å²) in [4.78, 5) is 10.0. The van der Waals surface area contributed by atoms with Gasteiger partial charge in [-0.3, -0.25) is 9.30 Å². The molecule has 2 aliphatic rings. The molecule has 6 heteroatoms. The molecule has 0 N–H and O–H groups in total. The van der Waals surface area contributed by atoms with Gasteiger partial charge in [0.05, 0.1) is 23.2 Å². The van der Waals surface area contributed by atoms with Crippen molar-refractivity contribution in [2.75, 3.05) is 37.7 Å². The zero-order valence-electron chi connectivity index (χ0n) is 20.3. The van der Waals surface area contributed by atoms with E-state index in [9.17, 15) is 5.26 Å². The SMILES string of the molecule is CCOc1ccc(CN2CCN(c3c4c(c(C#N)c5nc6ccccc6n35)CCCC4)CC2)cc1. The van der Waals surface area contributed by atoms with Crippen LogP contribution in [0.15, 0.2) is 48.5 Å². The highest BCUT2D eigenvalue weighted by atomic mass is 16.5. The molecule has 1 fully saturated rings. The van der Waals surface area contributed by atoms with Gasteiger partial charge in [0.15, 0.2) is 5.65 Å². The molecule has 6 rings (SSSR count). The van der Waals surface area contributed by atoms with Gasteiger partial charge in [0.25, 0.3) is 0 Å². The van der Waals surface area contributed by atoms with Gasteiger partial charge in [0, 0.05) is 32.7 Å². The van der Waals surface area contributed by atoms with Crippen molar-refractivity contribution in [3.8, 4) is 11.8 Å². The topological polar surface area (TPSA) is 56.8 Å². The molecule has 0 amide bonds. The largest absolute Gasteiger partial charge is 0.494 e. The Balaban J connectivity index is 1.33. The van der Waals surface area contributed by atoms with Crippen LogP contribution in [0, 0.1) is 11.3 Å². The molecule has 35 heavy (non-hydrogen) atoms.